The summed E-state index contributed by atoms with van der Waals surface area (Å²) in [6.45, 7) is 0. The van der Waals surface area contributed by atoms with Crippen LogP contribution >= 0.6 is 0 Å². The van der Waals surface area contributed by atoms with Gasteiger partial charge in [-0.05, 0) is 0 Å². The van der Waals surface area contributed by atoms with Crippen LogP contribution in [0.25, 0.3) is 0 Å². The van der Waals surface area contributed by atoms with Gasteiger partial charge in [-0.3, -0.25) is 0 Å². The summed E-state index contributed by atoms with van der Waals surface area (Å²) < 4.78 is 0. The van der Waals surface area contributed by atoms with Crippen LogP contribution in [-0.4, -0.2) is 0 Å². The van der Waals surface area contributed by atoms with E-state index in [1.807, 2.05) is 0 Å². The molecule has 0 radical (unpaired) electrons. The monoisotopic (exact) mass is 552 g/mol. The SMILES string of the molecule is [CH-]1CC12CC2.[W].[W].c1ccc(C2[CH-]C2)cc1. The van der Waals surface area contributed by atoms with Gasteiger partial charge in [0.2, 0.25) is 0 Å². The summed E-state index contributed by atoms with van der Waals surface area (Å²) >= 11 is 0. The van der Waals surface area contributed by atoms with Crippen LogP contribution in [0.15, 0.2) is 30.3 Å². The van der Waals surface area contributed by atoms with Gasteiger partial charge in [-0.15, -0.1) is 0 Å². The molecule has 1 spiro atoms. The second-order valence-corrected chi connectivity index (χ2v) is 4.76. The normalized spacial score (nSPS) is 25.4. The van der Waals surface area contributed by atoms with Gasteiger partial charge in [-0.2, -0.15) is 17.8 Å². The molecule has 1 atom stereocenters. The van der Waals surface area contributed by atoms with Crippen molar-refractivity contribution in [3.05, 3.63) is 48.7 Å². The summed E-state index contributed by atoms with van der Waals surface area (Å²) in [7, 11) is 0. The molecule has 0 aliphatic heterocycles. The van der Waals surface area contributed by atoms with Crippen molar-refractivity contribution in [1.82, 2.24) is 0 Å². The largest absolute Gasteiger partial charge is 0.327 e. The van der Waals surface area contributed by atoms with E-state index in [2.05, 4.69) is 43.2 Å². The van der Waals surface area contributed by atoms with Gasteiger partial charge in [0, 0.05) is 42.1 Å². The summed E-state index contributed by atoms with van der Waals surface area (Å²) in [5, 5.41) is 0. The maximum Gasteiger partial charge on any atom is 0 e. The maximum atomic E-state index is 2.42. The Hall–Kier alpha value is 0.597. The zero-order chi connectivity index (χ0) is 9.43. The van der Waals surface area contributed by atoms with Gasteiger partial charge >= 0.3 is 0 Å². The Bertz CT molecular complexity index is 295. The van der Waals surface area contributed by atoms with Crippen molar-refractivity contribution in [2.45, 2.75) is 31.6 Å². The first kappa shape index (κ1) is 14.7. The maximum absolute atomic E-state index is 2.42. The topological polar surface area (TPSA) is 0 Å². The van der Waals surface area contributed by atoms with Crippen LogP contribution in [0.3, 0.4) is 0 Å². The Labute approximate surface area is 127 Å². The first-order valence-corrected chi connectivity index (χ1v) is 5.61. The molecule has 2 heteroatoms. The van der Waals surface area contributed by atoms with E-state index >= 15 is 0 Å². The van der Waals surface area contributed by atoms with Crippen LogP contribution in [0, 0.1) is 18.3 Å². The predicted octanol–water partition coefficient (Wildman–Crippen LogP) is 3.75. The summed E-state index contributed by atoms with van der Waals surface area (Å²) in [4.78, 5) is 0. The molecule has 3 fully saturated rings. The van der Waals surface area contributed by atoms with Crippen molar-refractivity contribution >= 4 is 0 Å². The first-order chi connectivity index (χ1) is 6.88. The molecule has 0 bridgehead atoms. The van der Waals surface area contributed by atoms with E-state index in [4.69, 9.17) is 0 Å². The third-order valence-corrected chi connectivity index (χ3v) is 3.37. The van der Waals surface area contributed by atoms with Crippen LogP contribution in [-0.2, 0) is 42.1 Å². The Kier molecular flexibility index (Phi) is 5.47. The molecule has 0 N–H and O–H groups in total. The summed E-state index contributed by atoms with van der Waals surface area (Å²) in [5.74, 6) is 0.784. The zero-order valence-corrected chi connectivity index (χ0v) is 15.1. The minimum absolute atomic E-state index is 0. The number of hydrogen-bond donors (Lipinski definition) is 0. The van der Waals surface area contributed by atoms with Gasteiger partial charge in [-0.25, -0.2) is 6.42 Å². The molecule has 3 saturated carbocycles. The molecule has 0 heterocycles. The van der Waals surface area contributed by atoms with Crippen molar-refractivity contribution in [2.24, 2.45) is 5.41 Å². The van der Waals surface area contributed by atoms with Gasteiger partial charge in [-0.1, -0.05) is 48.7 Å². The minimum atomic E-state index is 0. The summed E-state index contributed by atoms with van der Waals surface area (Å²) in [6.07, 6.45) is 10.5. The molecule has 0 nitrogen and oxygen atoms in total. The van der Waals surface area contributed by atoms with Crippen molar-refractivity contribution in [3.8, 4) is 0 Å². The van der Waals surface area contributed by atoms with Crippen molar-refractivity contribution in [2.75, 3.05) is 0 Å². The average molecular weight is 552 g/mol. The van der Waals surface area contributed by atoms with E-state index in [1.165, 1.54) is 31.2 Å². The average Bonchev–Trinajstić information content (AvgIpc) is 3.14. The number of hydrogen-bond acceptors (Lipinski definition) is 0. The van der Waals surface area contributed by atoms with Gasteiger partial charge in [0.25, 0.3) is 0 Å². The van der Waals surface area contributed by atoms with Crippen LogP contribution in [0.4, 0.5) is 0 Å². The number of benzene rings is 1. The molecule has 1 aromatic carbocycles. The van der Waals surface area contributed by atoms with Crippen molar-refractivity contribution in [1.29, 1.82) is 0 Å². The fraction of sp³-hybridized carbons (Fsp3) is 0.429. The molecule has 16 heavy (non-hydrogen) atoms. The second-order valence-electron chi connectivity index (χ2n) is 4.76. The quantitative estimate of drug-likeness (QED) is 0.467. The standard InChI is InChI=1S/C9H9.C5H7.2W/c1-2-4-8(5-3-1)9-6-7-9;1-2-5(1)3-4-5;;/h1-6,9H,7H2;1H,2-4H2;;/q2*-1;;. The molecule has 3 aliphatic rings. The molecular weight excluding hydrogens is 536 g/mol. The second kappa shape index (κ2) is 5.97. The van der Waals surface area contributed by atoms with E-state index < -0.39 is 0 Å². The van der Waals surface area contributed by atoms with Crippen molar-refractivity contribution < 1.29 is 42.1 Å². The van der Waals surface area contributed by atoms with Gasteiger partial charge in [0.15, 0.2) is 0 Å². The van der Waals surface area contributed by atoms with Crippen LogP contribution in [0.2, 0.25) is 0 Å². The smallest absolute Gasteiger partial charge is 0 e. The van der Waals surface area contributed by atoms with Crippen LogP contribution in [0.1, 0.15) is 37.2 Å². The summed E-state index contributed by atoms with van der Waals surface area (Å²) in [6, 6.07) is 10.6. The third-order valence-electron chi connectivity index (χ3n) is 3.37. The predicted molar refractivity (Wildman–Crippen MR) is 58.7 cm³/mol. The molecule has 0 aromatic heterocycles. The number of rotatable bonds is 1. The van der Waals surface area contributed by atoms with Gasteiger partial charge < -0.3 is 12.8 Å². The van der Waals surface area contributed by atoms with Gasteiger partial charge in [0.05, 0.1) is 0 Å². The molecule has 1 aromatic rings. The van der Waals surface area contributed by atoms with E-state index in [1.54, 1.807) is 0 Å². The fourth-order valence-corrected chi connectivity index (χ4v) is 1.75. The minimum Gasteiger partial charge on any atom is -0.327 e. The molecule has 86 valence electrons. The Morgan fingerprint density at radius 1 is 1.06 bits per heavy atom. The first-order valence-electron chi connectivity index (χ1n) is 5.61. The molecule has 3 aliphatic carbocycles. The Balaban J connectivity index is 0.000000158. The van der Waals surface area contributed by atoms with Crippen molar-refractivity contribution in [3.63, 3.8) is 0 Å². The van der Waals surface area contributed by atoms with E-state index in [0.29, 0.717) is 0 Å². The molecule has 1 unspecified atom stereocenters. The van der Waals surface area contributed by atoms with Gasteiger partial charge in [0.1, 0.15) is 0 Å². The van der Waals surface area contributed by atoms with E-state index in [0.717, 1.165) is 11.3 Å². The summed E-state index contributed by atoms with van der Waals surface area (Å²) in [5.41, 5.74) is 2.34. The molecular formula is C14H16W2-2. The van der Waals surface area contributed by atoms with E-state index in [-0.39, 0.29) is 42.1 Å². The van der Waals surface area contributed by atoms with E-state index in [9.17, 15) is 0 Å². The molecule has 4 rings (SSSR count). The fourth-order valence-electron chi connectivity index (χ4n) is 1.75. The third kappa shape index (κ3) is 4.12. The zero-order valence-electron chi connectivity index (χ0n) is 9.26. The van der Waals surface area contributed by atoms with Crippen LogP contribution in [0.5, 0.6) is 0 Å². The van der Waals surface area contributed by atoms with Crippen LogP contribution < -0.4 is 0 Å². The molecule has 0 saturated heterocycles. The Morgan fingerprint density at radius 2 is 1.62 bits per heavy atom. The molecule has 0 amide bonds. The Morgan fingerprint density at radius 3 is 1.94 bits per heavy atom.